The molecule has 0 spiro atoms. The van der Waals surface area contributed by atoms with Gasteiger partial charge in [-0.2, -0.15) is 0 Å². The van der Waals surface area contributed by atoms with Crippen LogP contribution in [0.15, 0.2) is 40.2 Å². The van der Waals surface area contributed by atoms with E-state index in [4.69, 9.17) is 0 Å². The van der Waals surface area contributed by atoms with Gasteiger partial charge in [0.05, 0.1) is 12.1 Å². The highest BCUT2D eigenvalue weighted by molar-refractivity contribution is 9.10. The van der Waals surface area contributed by atoms with E-state index in [1.807, 2.05) is 17.5 Å². The molecular formula is C13H11BrFNOS. The van der Waals surface area contributed by atoms with Gasteiger partial charge in [0, 0.05) is 16.4 Å². The number of benzene rings is 1. The van der Waals surface area contributed by atoms with Crippen molar-refractivity contribution in [2.45, 2.75) is 6.42 Å². The van der Waals surface area contributed by atoms with Gasteiger partial charge in [0.2, 0.25) is 5.91 Å². The second-order valence-electron chi connectivity index (χ2n) is 3.80. The molecule has 2 aromatic rings. The first-order valence-corrected chi connectivity index (χ1v) is 6.99. The Kier molecular flexibility index (Phi) is 4.14. The van der Waals surface area contributed by atoms with Crippen molar-refractivity contribution < 1.29 is 9.18 Å². The molecule has 1 amide bonds. The highest BCUT2D eigenvalue weighted by atomic mass is 79.9. The number of amides is 1. The predicted octanol–water partition coefficient (Wildman–Crippen LogP) is 3.86. The molecule has 0 saturated carbocycles. The molecule has 0 aliphatic heterocycles. The summed E-state index contributed by atoms with van der Waals surface area (Å²) in [7, 11) is 1.59. The van der Waals surface area contributed by atoms with Crippen molar-refractivity contribution in [1.29, 1.82) is 0 Å². The Hall–Kier alpha value is -1.20. The van der Waals surface area contributed by atoms with Gasteiger partial charge >= 0.3 is 0 Å². The maximum absolute atomic E-state index is 13.7. The van der Waals surface area contributed by atoms with Crippen LogP contribution < -0.4 is 4.90 Å². The topological polar surface area (TPSA) is 20.3 Å². The molecule has 0 N–H and O–H groups in total. The van der Waals surface area contributed by atoms with Crippen LogP contribution in [0.25, 0.3) is 0 Å². The van der Waals surface area contributed by atoms with E-state index in [-0.39, 0.29) is 5.91 Å². The van der Waals surface area contributed by atoms with Gasteiger partial charge in [-0.05, 0) is 29.6 Å². The van der Waals surface area contributed by atoms with Crippen LogP contribution in [0.1, 0.15) is 4.88 Å². The molecule has 5 heteroatoms. The number of halogens is 2. The highest BCUT2D eigenvalue weighted by Crippen LogP contribution is 2.23. The zero-order valence-electron chi connectivity index (χ0n) is 9.69. The average molecular weight is 328 g/mol. The molecule has 1 aromatic carbocycles. The Labute approximate surface area is 117 Å². The summed E-state index contributed by atoms with van der Waals surface area (Å²) in [6.07, 6.45) is 0.295. The molecule has 18 heavy (non-hydrogen) atoms. The van der Waals surface area contributed by atoms with E-state index < -0.39 is 5.82 Å². The SMILES string of the molecule is CN(C(=O)Cc1cccs1)c1ccc(Br)cc1F. The second kappa shape index (κ2) is 5.63. The van der Waals surface area contributed by atoms with Gasteiger partial charge in [-0.25, -0.2) is 4.39 Å². The fraction of sp³-hybridized carbons (Fsp3) is 0.154. The molecule has 2 nitrogen and oxygen atoms in total. The summed E-state index contributed by atoms with van der Waals surface area (Å²) in [4.78, 5) is 14.3. The number of carbonyl (C=O) groups is 1. The molecule has 0 bridgehead atoms. The van der Waals surface area contributed by atoms with Gasteiger partial charge in [-0.1, -0.05) is 22.0 Å². The molecule has 0 aliphatic carbocycles. The Balaban J connectivity index is 2.15. The van der Waals surface area contributed by atoms with Crippen molar-refractivity contribution in [3.63, 3.8) is 0 Å². The Morgan fingerprint density at radius 1 is 1.44 bits per heavy atom. The minimum absolute atomic E-state index is 0.126. The standard InChI is InChI=1S/C13H11BrFNOS/c1-16(12-5-4-9(14)7-11(12)15)13(17)8-10-3-2-6-18-10/h2-7H,8H2,1H3. The summed E-state index contributed by atoms with van der Waals surface area (Å²) in [5, 5.41) is 1.92. The number of nitrogens with zero attached hydrogens (tertiary/aromatic N) is 1. The zero-order chi connectivity index (χ0) is 13.1. The number of hydrogen-bond acceptors (Lipinski definition) is 2. The Morgan fingerprint density at radius 2 is 2.22 bits per heavy atom. The molecule has 0 fully saturated rings. The van der Waals surface area contributed by atoms with Crippen LogP contribution in [0.4, 0.5) is 10.1 Å². The third-order valence-corrected chi connectivity index (χ3v) is 3.92. The van der Waals surface area contributed by atoms with Gasteiger partial charge in [0.25, 0.3) is 0 Å². The van der Waals surface area contributed by atoms with Crippen LogP contribution in [0.3, 0.4) is 0 Å². The van der Waals surface area contributed by atoms with E-state index >= 15 is 0 Å². The quantitative estimate of drug-likeness (QED) is 0.838. The summed E-state index contributed by atoms with van der Waals surface area (Å²) in [5.74, 6) is -0.537. The summed E-state index contributed by atoms with van der Waals surface area (Å²) >= 11 is 4.71. The van der Waals surface area contributed by atoms with Crippen LogP contribution in [0.2, 0.25) is 0 Å². The molecule has 2 rings (SSSR count). The van der Waals surface area contributed by atoms with Crippen molar-refractivity contribution in [2.75, 3.05) is 11.9 Å². The van der Waals surface area contributed by atoms with Crippen molar-refractivity contribution in [1.82, 2.24) is 0 Å². The Morgan fingerprint density at radius 3 is 2.83 bits per heavy atom. The summed E-state index contributed by atoms with van der Waals surface area (Å²) in [5.41, 5.74) is 0.291. The maximum Gasteiger partial charge on any atom is 0.232 e. The lowest BCUT2D eigenvalue weighted by molar-refractivity contribution is -0.117. The lowest BCUT2D eigenvalue weighted by Crippen LogP contribution is -2.28. The predicted molar refractivity (Wildman–Crippen MR) is 75.5 cm³/mol. The summed E-state index contributed by atoms with van der Waals surface area (Å²) in [6, 6.07) is 8.45. The first-order chi connectivity index (χ1) is 8.58. The molecule has 0 saturated heterocycles. The minimum Gasteiger partial charge on any atom is -0.312 e. The number of hydrogen-bond donors (Lipinski definition) is 0. The molecule has 94 valence electrons. The van der Waals surface area contributed by atoms with Crippen molar-refractivity contribution in [2.24, 2.45) is 0 Å². The van der Waals surface area contributed by atoms with Gasteiger partial charge in [0.15, 0.2) is 0 Å². The van der Waals surface area contributed by atoms with Crippen LogP contribution in [0.5, 0.6) is 0 Å². The van der Waals surface area contributed by atoms with Crippen molar-refractivity contribution >= 4 is 38.9 Å². The number of carbonyl (C=O) groups excluding carboxylic acids is 1. The first-order valence-electron chi connectivity index (χ1n) is 5.32. The molecule has 0 unspecified atom stereocenters. The highest BCUT2D eigenvalue weighted by Gasteiger charge is 2.15. The average Bonchev–Trinajstić information content (AvgIpc) is 2.81. The number of likely N-dealkylation sites (N-methyl/N-ethyl adjacent to an activating group) is 1. The van der Waals surface area contributed by atoms with E-state index in [9.17, 15) is 9.18 Å². The normalized spacial score (nSPS) is 10.4. The maximum atomic E-state index is 13.7. The summed E-state index contributed by atoms with van der Waals surface area (Å²) < 4.78 is 14.4. The second-order valence-corrected chi connectivity index (χ2v) is 5.75. The third-order valence-electron chi connectivity index (χ3n) is 2.55. The van der Waals surface area contributed by atoms with Gasteiger partial charge in [-0.3, -0.25) is 4.79 Å². The molecule has 0 atom stereocenters. The molecule has 1 aromatic heterocycles. The smallest absolute Gasteiger partial charge is 0.232 e. The van der Waals surface area contributed by atoms with E-state index in [1.54, 1.807) is 19.2 Å². The fourth-order valence-electron chi connectivity index (χ4n) is 1.57. The van der Waals surface area contributed by atoms with E-state index in [0.717, 1.165) is 4.88 Å². The fourth-order valence-corrected chi connectivity index (χ4v) is 2.60. The van der Waals surface area contributed by atoms with Gasteiger partial charge in [-0.15, -0.1) is 11.3 Å². The lowest BCUT2D eigenvalue weighted by atomic mass is 10.2. The van der Waals surface area contributed by atoms with Crippen LogP contribution in [0, 0.1) is 5.82 Å². The largest absolute Gasteiger partial charge is 0.312 e. The number of rotatable bonds is 3. The van der Waals surface area contributed by atoms with E-state index in [1.165, 1.54) is 22.3 Å². The molecule has 0 radical (unpaired) electrons. The third kappa shape index (κ3) is 2.97. The monoisotopic (exact) mass is 327 g/mol. The van der Waals surface area contributed by atoms with E-state index in [2.05, 4.69) is 15.9 Å². The van der Waals surface area contributed by atoms with Crippen molar-refractivity contribution in [3.8, 4) is 0 Å². The van der Waals surface area contributed by atoms with Crippen LogP contribution in [-0.4, -0.2) is 13.0 Å². The van der Waals surface area contributed by atoms with Gasteiger partial charge < -0.3 is 4.90 Å². The minimum atomic E-state index is -0.411. The molecular weight excluding hydrogens is 317 g/mol. The number of thiophene rings is 1. The summed E-state index contributed by atoms with van der Waals surface area (Å²) in [6.45, 7) is 0. The van der Waals surface area contributed by atoms with Crippen LogP contribution >= 0.6 is 27.3 Å². The van der Waals surface area contributed by atoms with Crippen LogP contribution in [-0.2, 0) is 11.2 Å². The molecule has 0 aliphatic rings. The molecule has 1 heterocycles. The van der Waals surface area contributed by atoms with Crippen molar-refractivity contribution in [3.05, 3.63) is 50.9 Å². The van der Waals surface area contributed by atoms with Gasteiger partial charge in [0.1, 0.15) is 5.82 Å². The zero-order valence-corrected chi connectivity index (χ0v) is 12.1. The number of anilines is 1. The van der Waals surface area contributed by atoms with E-state index in [0.29, 0.717) is 16.6 Å². The first kappa shape index (κ1) is 13.2. The Bertz CT molecular complexity index is 556. The lowest BCUT2D eigenvalue weighted by Gasteiger charge is -2.17.